The van der Waals surface area contributed by atoms with Crippen LogP contribution in [-0.2, 0) is 5.88 Å². The summed E-state index contributed by atoms with van der Waals surface area (Å²) in [6, 6.07) is 3.82. The van der Waals surface area contributed by atoms with Crippen molar-refractivity contribution in [1.29, 1.82) is 0 Å². The van der Waals surface area contributed by atoms with Gasteiger partial charge in [-0.2, -0.15) is 13.2 Å². The molecule has 1 aromatic carbocycles. The molecule has 0 fully saturated rings. The van der Waals surface area contributed by atoms with E-state index in [1.807, 2.05) is 0 Å². The molecule has 84 valence electrons. The lowest BCUT2D eigenvalue weighted by Crippen LogP contribution is -2.20. The molecule has 15 heavy (non-hydrogen) atoms. The van der Waals surface area contributed by atoms with E-state index in [0.717, 1.165) is 6.07 Å². The molecule has 0 heterocycles. The Morgan fingerprint density at radius 2 is 1.93 bits per heavy atom. The number of rotatable bonds is 2. The van der Waals surface area contributed by atoms with E-state index >= 15 is 0 Å². The number of alkyl halides is 4. The molecule has 0 amide bonds. The van der Waals surface area contributed by atoms with Crippen LogP contribution < -0.4 is 0 Å². The van der Waals surface area contributed by atoms with E-state index in [2.05, 4.69) is 0 Å². The molecule has 1 nitrogen and oxygen atoms in total. The number of benzene rings is 1. The third-order valence-corrected chi connectivity index (χ3v) is 2.46. The highest BCUT2D eigenvalue weighted by Crippen LogP contribution is 2.36. The van der Waals surface area contributed by atoms with Gasteiger partial charge in [-0.05, 0) is 11.6 Å². The molecule has 0 saturated carbocycles. The minimum atomic E-state index is -4.72. The van der Waals surface area contributed by atoms with Gasteiger partial charge in [0.1, 0.15) is 0 Å². The van der Waals surface area contributed by atoms with Crippen LogP contribution in [0.15, 0.2) is 18.2 Å². The van der Waals surface area contributed by atoms with E-state index in [9.17, 15) is 13.2 Å². The van der Waals surface area contributed by atoms with E-state index in [4.69, 9.17) is 28.3 Å². The molecule has 0 aromatic heterocycles. The normalized spacial score (nSPS) is 14.0. The standard InChI is InChI=1S/C9H7Cl2F3O/c10-4-5-1-2-6(7(11)3-5)8(15)9(12,13)14/h1-3,8,15H,4H2. The lowest BCUT2D eigenvalue weighted by molar-refractivity contribution is -0.206. The quantitative estimate of drug-likeness (QED) is 0.803. The molecule has 0 bridgehead atoms. The van der Waals surface area contributed by atoms with Crippen LogP contribution in [0, 0.1) is 0 Å². The SMILES string of the molecule is OC(c1ccc(CCl)cc1Cl)C(F)(F)F. The molecule has 0 spiro atoms. The van der Waals surface area contributed by atoms with Crippen molar-refractivity contribution in [3.8, 4) is 0 Å². The van der Waals surface area contributed by atoms with Crippen molar-refractivity contribution in [2.24, 2.45) is 0 Å². The number of aliphatic hydroxyl groups excluding tert-OH is 1. The summed E-state index contributed by atoms with van der Waals surface area (Å²) in [5.74, 6) is 0.155. The third kappa shape index (κ3) is 3.00. The lowest BCUT2D eigenvalue weighted by Gasteiger charge is -2.16. The van der Waals surface area contributed by atoms with Gasteiger partial charge in [-0.1, -0.05) is 23.7 Å². The maximum atomic E-state index is 12.2. The van der Waals surface area contributed by atoms with E-state index in [0.29, 0.717) is 5.56 Å². The smallest absolute Gasteiger partial charge is 0.379 e. The van der Waals surface area contributed by atoms with Gasteiger partial charge >= 0.3 is 6.18 Å². The summed E-state index contributed by atoms with van der Waals surface area (Å²) in [7, 11) is 0. The molecule has 1 atom stereocenters. The van der Waals surface area contributed by atoms with Crippen LogP contribution in [0.3, 0.4) is 0 Å². The fourth-order valence-corrected chi connectivity index (χ4v) is 1.52. The highest BCUT2D eigenvalue weighted by Gasteiger charge is 2.40. The van der Waals surface area contributed by atoms with Crippen LogP contribution in [0.25, 0.3) is 0 Å². The first-order valence-electron chi connectivity index (χ1n) is 3.95. The van der Waals surface area contributed by atoms with Crippen LogP contribution >= 0.6 is 23.2 Å². The van der Waals surface area contributed by atoms with Crippen molar-refractivity contribution >= 4 is 23.2 Å². The van der Waals surface area contributed by atoms with Crippen molar-refractivity contribution in [2.45, 2.75) is 18.2 Å². The molecule has 0 saturated heterocycles. The molecule has 0 aliphatic heterocycles. The van der Waals surface area contributed by atoms with Gasteiger partial charge in [0, 0.05) is 16.5 Å². The van der Waals surface area contributed by atoms with Gasteiger partial charge in [0.15, 0.2) is 6.10 Å². The van der Waals surface area contributed by atoms with Gasteiger partial charge in [0.2, 0.25) is 0 Å². The van der Waals surface area contributed by atoms with Gasteiger partial charge in [0.25, 0.3) is 0 Å². The Kier molecular flexibility index (Phi) is 3.87. The first-order valence-corrected chi connectivity index (χ1v) is 4.86. The third-order valence-electron chi connectivity index (χ3n) is 1.82. The Morgan fingerprint density at radius 1 is 1.33 bits per heavy atom. The first kappa shape index (κ1) is 12.6. The second-order valence-electron chi connectivity index (χ2n) is 2.93. The Labute approximate surface area is 94.4 Å². The molecule has 1 aromatic rings. The van der Waals surface area contributed by atoms with Gasteiger partial charge in [-0.25, -0.2) is 0 Å². The zero-order valence-corrected chi connectivity index (χ0v) is 8.87. The van der Waals surface area contributed by atoms with E-state index in [1.54, 1.807) is 0 Å². The first-order chi connectivity index (χ1) is 6.86. The average molecular weight is 259 g/mol. The largest absolute Gasteiger partial charge is 0.418 e. The molecule has 1 N–H and O–H groups in total. The predicted molar refractivity (Wildman–Crippen MR) is 52.0 cm³/mol. The van der Waals surface area contributed by atoms with Gasteiger partial charge in [-0.15, -0.1) is 11.6 Å². The molecule has 0 aliphatic rings. The minimum Gasteiger partial charge on any atom is -0.379 e. The van der Waals surface area contributed by atoms with E-state index < -0.39 is 12.3 Å². The van der Waals surface area contributed by atoms with Crippen LogP contribution in [0.4, 0.5) is 13.2 Å². The highest BCUT2D eigenvalue weighted by atomic mass is 35.5. The van der Waals surface area contributed by atoms with Crippen LogP contribution in [0.1, 0.15) is 17.2 Å². The summed E-state index contributed by atoms with van der Waals surface area (Å²) >= 11 is 11.1. The topological polar surface area (TPSA) is 20.2 Å². The zero-order chi connectivity index (χ0) is 11.6. The molecular weight excluding hydrogens is 252 g/mol. The fourth-order valence-electron chi connectivity index (χ4n) is 1.05. The summed E-state index contributed by atoms with van der Waals surface area (Å²) in [5.41, 5.74) is 0.234. The number of hydrogen-bond donors (Lipinski definition) is 1. The monoisotopic (exact) mass is 258 g/mol. The Balaban J connectivity index is 3.06. The number of halogens is 5. The molecular formula is C9H7Cl2F3O. The number of aliphatic hydroxyl groups is 1. The Hall–Kier alpha value is -0.450. The average Bonchev–Trinajstić information content (AvgIpc) is 2.15. The van der Waals surface area contributed by atoms with Crippen molar-refractivity contribution in [1.82, 2.24) is 0 Å². The fraction of sp³-hybridized carbons (Fsp3) is 0.333. The van der Waals surface area contributed by atoms with Gasteiger partial charge in [0.05, 0.1) is 0 Å². The van der Waals surface area contributed by atoms with Gasteiger partial charge < -0.3 is 5.11 Å². The molecule has 1 rings (SSSR count). The van der Waals surface area contributed by atoms with Crippen molar-refractivity contribution in [2.75, 3.05) is 0 Å². The van der Waals surface area contributed by atoms with E-state index in [1.165, 1.54) is 12.1 Å². The van der Waals surface area contributed by atoms with Gasteiger partial charge in [-0.3, -0.25) is 0 Å². The Morgan fingerprint density at radius 3 is 2.33 bits per heavy atom. The summed E-state index contributed by atoms with van der Waals surface area (Å²) in [6.45, 7) is 0. The summed E-state index contributed by atoms with van der Waals surface area (Å²) in [4.78, 5) is 0. The minimum absolute atomic E-state index is 0.141. The highest BCUT2D eigenvalue weighted by molar-refractivity contribution is 6.31. The molecule has 0 aliphatic carbocycles. The maximum Gasteiger partial charge on any atom is 0.418 e. The lowest BCUT2D eigenvalue weighted by atomic mass is 10.1. The molecule has 0 radical (unpaired) electrons. The number of hydrogen-bond acceptors (Lipinski definition) is 1. The van der Waals surface area contributed by atoms with Crippen LogP contribution in [0.2, 0.25) is 5.02 Å². The summed E-state index contributed by atoms with van der Waals surface area (Å²) in [5, 5.41) is 8.82. The Bertz CT molecular complexity index is 352. The second kappa shape index (κ2) is 4.60. The summed E-state index contributed by atoms with van der Waals surface area (Å²) < 4.78 is 36.5. The van der Waals surface area contributed by atoms with Crippen LogP contribution in [0.5, 0.6) is 0 Å². The molecule has 1 unspecified atom stereocenters. The molecule has 6 heteroatoms. The van der Waals surface area contributed by atoms with Crippen molar-refractivity contribution in [3.05, 3.63) is 34.3 Å². The maximum absolute atomic E-state index is 12.2. The summed E-state index contributed by atoms with van der Waals surface area (Å²) in [6.07, 6.45) is -7.28. The second-order valence-corrected chi connectivity index (χ2v) is 3.61. The van der Waals surface area contributed by atoms with Crippen LogP contribution in [-0.4, -0.2) is 11.3 Å². The van der Waals surface area contributed by atoms with Crippen molar-refractivity contribution < 1.29 is 18.3 Å². The van der Waals surface area contributed by atoms with Crippen molar-refractivity contribution in [3.63, 3.8) is 0 Å². The van der Waals surface area contributed by atoms with E-state index in [-0.39, 0.29) is 16.5 Å². The zero-order valence-electron chi connectivity index (χ0n) is 7.35. The predicted octanol–water partition coefficient (Wildman–Crippen LogP) is 3.67.